The zero-order valence-corrected chi connectivity index (χ0v) is 10.6. The van der Waals surface area contributed by atoms with Crippen LogP contribution in [-0.2, 0) is 0 Å². The molecule has 0 radical (unpaired) electrons. The Morgan fingerprint density at radius 1 is 1.07 bits per heavy atom. The number of rotatable bonds is 5. The SMILES string of the molecule is CC(C)CC(C)C(C)CC1(C)CNC1. The van der Waals surface area contributed by atoms with E-state index in [9.17, 15) is 0 Å². The van der Waals surface area contributed by atoms with Crippen LogP contribution in [0.1, 0.15) is 47.5 Å². The predicted molar refractivity (Wildman–Crippen MR) is 63.4 cm³/mol. The molecule has 1 N–H and O–H groups in total. The number of hydrogen-bond acceptors (Lipinski definition) is 1. The van der Waals surface area contributed by atoms with Gasteiger partial charge in [0.25, 0.3) is 0 Å². The molecule has 84 valence electrons. The Balaban J connectivity index is 2.29. The predicted octanol–water partition coefficient (Wildman–Crippen LogP) is 3.30. The minimum Gasteiger partial charge on any atom is -0.316 e. The quantitative estimate of drug-likeness (QED) is 0.713. The molecule has 2 unspecified atom stereocenters. The van der Waals surface area contributed by atoms with Crippen molar-refractivity contribution in [3.05, 3.63) is 0 Å². The van der Waals surface area contributed by atoms with Crippen LogP contribution in [0.25, 0.3) is 0 Å². The average Bonchev–Trinajstić information content (AvgIpc) is 2.00. The lowest BCUT2D eigenvalue weighted by Crippen LogP contribution is -2.52. The first kappa shape index (κ1) is 12.0. The van der Waals surface area contributed by atoms with Crippen molar-refractivity contribution in [2.45, 2.75) is 47.5 Å². The summed E-state index contributed by atoms with van der Waals surface area (Å²) < 4.78 is 0. The molecule has 14 heavy (non-hydrogen) atoms. The summed E-state index contributed by atoms with van der Waals surface area (Å²) in [5.41, 5.74) is 0.602. The van der Waals surface area contributed by atoms with Crippen LogP contribution < -0.4 is 5.32 Å². The molecule has 1 heteroatoms. The van der Waals surface area contributed by atoms with Gasteiger partial charge in [-0.3, -0.25) is 0 Å². The molecule has 1 saturated heterocycles. The Morgan fingerprint density at radius 2 is 1.64 bits per heavy atom. The fraction of sp³-hybridized carbons (Fsp3) is 1.00. The smallest absolute Gasteiger partial charge is 0.00177 e. The molecule has 1 nitrogen and oxygen atoms in total. The van der Waals surface area contributed by atoms with Gasteiger partial charge in [-0.25, -0.2) is 0 Å². The summed E-state index contributed by atoms with van der Waals surface area (Å²) in [5.74, 6) is 2.61. The molecule has 0 bridgehead atoms. The zero-order valence-electron chi connectivity index (χ0n) is 10.6. The maximum Gasteiger partial charge on any atom is 0.00177 e. The third-order valence-corrected chi connectivity index (χ3v) is 3.73. The minimum atomic E-state index is 0.602. The van der Waals surface area contributed by atoms with Gasteiger partial charge in [0.05, 0.1) is 0 Å². The molecular weight excluding hydrogens is 170 g/mol. The molecule has 1 heterocycles. The number of hydrogen-bond donors (Lipinski definition) is 1. The summed E-state index contributed by atoms with van der Waals surface area (Å²) in [6.45, 7) is 14.4. The topological polar surface area (TPSA) is 12.0 Å². The summed E-state index contributed by atoms with van der Waals surface area (Å²) in [6.07, 6.45) is 2.78. The summed E-state index contributed by atoms with van der Waals surface area (Å²) in [6, 6.07) is 0. The fourth-order valence-electron chi connectivity index (χ4n) is 2.65. The van der Waals surface area contributed by atoms with Crippen molar-refractivity contribution in [1.82, 2.24) is 5.32 Å². The van der Waals surface area contributed by atoms with E-state index < -0.39 is 0 Å². The molecule has 1 rings (SSSR count). The first-order valence-corrected chi connectivity index (χ1v) is 6.14. The second-order valence-corrected chi connectivity index (χ2v) is 6.20. The largest absolute Gasteiger partial charge is 0.316 e. The average molecular weight is 197 g/mol. The van der Waals surface area contributed by atoms with E-state index in [0.717, 1.165) is 17.8 Å². The summed E-state index contributed by atoms with van der Waals surface area (Å²) in [4.78, 5) is 0. The molecule has 1 fully saturated rings. The van der Waals surface area contributed by atoms with Crippen LogP contribution in [0.5, 0.6) is 0 Å². The van der Waals surface area contributed by atoms with Gasteiger partial charge in [-0.15, -0.1) is 0 Å². The van der Waals surface area contributed by atoms with Gasteiger partial charge in [0, 0.05) is 13.1 Å². The molecule has 0 aromatic heterocycles. The van der Waals surface area contributed by atoms with Crippen LogP contribution >= 0.6 is 0 Å². The molecule has 2 atom stereocenters. The first-order chi connectivity index (χ1) is 6.43. The van der Waals surface area contributed by atoms with Crippen molar-refractivity contribution in [3.8, 4) is 0 Å². The van der Waals surface area contributed by atoms with E-state index in [1.54, 1.807) is 0 Å². The highest BCUT2D eigenvalue weighted by Gasteiger charge is 2.34. The monoisotopic (exact) mass is 197 g/mol. The standard InChI is InChI=1S/C13H27N/c1-10(2)6-11(3)12(4)7-13(5)8-14-9-13/h10-12,14H,6-9H2,1-5H3. The van der Waals surface area contributed by atoms with Crippen molar-refractivity contribution in [2.24, 2.45) is 23.2 Å². The second-order valence-electron chi connectivity index (χ2n) is 6.20. The van der Waals surface area contributed by atoms with E-state index in [0.29, 0.717) is 5.41 Å². The van der Waals surface area contributed by atoms with Crippen LogP contribution in [0.15, 0.2) is 0 Å². The van der Waals surface area contributed by atoms with Gasteiger partial charge in [0.15, 0.2) is 0 Å². The van der Waals surface area contributed by atoms with Crippen molar-refractivity contribution in [2.75, 3.05) is 13.1 Å². The van der Waals surface area contributed by atoms with Gasteiger partial charge < -0.3 is 5.32 Å². The fourth-order valence-corrected chi connectivity index (χ4v) is 2.65. The second kappa shape index (κ2) is 4.65. The van der Waals surface area contributed by atoms with Crippen LogP contribution in [0.3, 0.4) is 0 Å². The van der Waals surface area contributed by atoms with Crippen molar-refractivity contribution >= 4 is 0 Å². The van der Waals surface area contributed by atoms with Gasteiger partial charge in [-0.2, -0.15) is 0 Å². The highest BCUT2D eigenvalue weighted by Crippen LogP contribution is 2.34. The van der Waals surface area contributed by atoms with Gasteiger partial charge in [-0.1, -0.05) is 34.6 Å². The van der Waals surface area contributed by atoms with Crippen LogP contribution in [-0.4, -0.2) is 13.1 Å². The van der Waals surface area contributed by atoms with Crippen molar-refractivity contribution in [3.63, 3.8) is 0 Å². The molecule has 1 aliphatic heterocycles. The summed E-state index contributed by atoms with van der Waals surface area (Å²) >= 11 is 0. The molecule has 0 spiro atoms. The van der Waals surface area contributed by atoms with E-state index in [-0.39, 0.29) is 0 Å². The number of nitrogens with one attached hydrogen (secondary N) is 1. The first-order valence-electron chi connectivity index (χ1n) is 6.14. The van der Waals surface area contributed by atoms with Gasteiger partial charge in [0.1, 0.15) is 0 Å². The third kappa shape index (κ3) is 3.27. The van der Waals surface area contributed by atoms with Crippen molar-refractivity contribution in [1.29, 1.82) is 0 Å². The Hall–Kier alpha value is -0.0400. The maximum absolute atomic E-state index is 3.39. The van der Waals surface area contributed by atoms with E-state index in [2.05, 4.69) is 39.9 Å². The van der Waals surface area contributed by atoms with Gasteiger partial charge >= 0.3 is 0 Å². The van der Waals surface area contributed by atoms with E-state index >= 15 is 0 Å². The lowest BCUT2D eigenvalue weighted by Gasteiger charge is -2.42. The third-order valence-electron chi connectivity index (χ3n) is 3.73. The molecular formula is C13H27N. The van der Waals surface area contributed by atoms with Crippen LogP contribution in [0, 0.1) is 23.2 Å². The summed E-state index contributed by atoms with van der Waals surface area (Å²) in [7, 11) is 0. The van der Waals surface area contributed by atoms with Gasteiger partial charge in [0.2, 0.25) is 0 Å². The minimum absolute atomic E-state index is 0.602. The highest BCUT2D eigenvalue weighted by molar-refractivity contribution is 4.89. The lowest BCUT2D eigenvalue weighted by atomic mass is 9.72. The van der Waals surface area contributed by atoms with E-state index in [1.807, 2.05) is 0 Å². The Morgan fingerprint density at radius 3 is 2.00 bits per heavy atom. The van der Waals surface area contributed by atoms with E-state index in [1.165, 1.54) is 25.9 Å². The lowest BCUT2D eigenvalue weighted by molar-refractivity contribution is 0.127. The van der Waals surface area contributed by atoms with Crippen molar-refractivity contribution < 1.29 is 0 Å². The normalized spacial score (nSPS) is 24.4. The Kier molecular flexibility index (Phi) is 4.00. The van der Waals surface area contributed by atoms with Crippen LogP contribution in [0.4, 0.5) is 0 Å². The molecule has 1 aliphatic rings. The van der Waals surface area contributed by atoms with E-state index in [4.69, 9.17) is 0 Å². The molecule has 0 aromatic rings. The Bertz CT molecular complexity index is 170. The molecule has 0 amide bonds. The maximum atomic E-state index is 3.39. The van der Waals surface area contributed by atoms with Crippen LogP contribution in [0.2, 0.25) is 0 Å². The van der Waals surface area contributed by atoms with Gasteiger partial charge in [-0.05, 0) is 36.0 Å². The molecule has 0 aromatic carbocycles. The summed E-state index contributed by atoms with van der Waals surface area (Å²) in [5, 5.41) is 3.39. The molecule has 0 aliphatic carbocycles. The highest BCUT2D eigenvalue weighted by atomic mass is 15.0. The molecule has 0 saturated carbocycles. The zero-order chi connectivity index (χ0) is 10.8. The Labute approximate surface area is 89.7 Å².